The van der Waals surface area contributed by atoms with Gasteiger partial charge in [0.05, 0.1) is 0 Å². The van der Waals surface area contributed by atoms with Crippen molar-refractivity contribution in [2.45, 2.75) is 95.1 Å². The first kappa shape index (κ1) is 38.3. The summed E-state index contributed by atoms with van der Waals surface area (Å²) in [5.41, 5.74) is 18.0. The standard InChI is InChI=1S/C23H25.C20H21.2CH3.2ClH.H2Si.Zr/c1-16(2)17-10-12-19(13-11-17)22-9-5-8-20-14-21(15-23(20)22)18-6-3-4-7-18;1-14-12-16-6-5-7-18(19(16)13-14)15-8-10-17(11-9-15)20(2,3)4;;;;;;/h5,8-16,18H,3-4,6-7H2,1-2H3;5-13H,1-4H3;2*1H3;2*1H;1H2;. The molecule has 0 nitrogen and oxygen atoms in total. The largest absolute Gasteiger partial charge is 0.147 e. The Kier molecular flexibility index (Phi) is 10.8. The second-order valence-electron chi connectivity index (χ2n) is 17.5. The average molecular weight is 787 g/mol. The molecule has 3 aliphatic carbocycles. The van der Waals surface area contributed by atoms with E-state index in [1.165, 1.54) is 70.2 Å². The maximum absolute atomic E-state index is 3.68. The van der Waals surface area contributed by atoms with Crippen molar-refractivity contribution in [3.05, 3.63) is 129 Å². The normalized spacial score (nSPS) is 19.1. The fourth-order valence-electron chi connectivity index (χ4n) is 9.77. The molecule has 0 spiro atoms. The second kappa shape index (κ2) is 13.9. The molecule has 0 bridgehead atoms. The predicted octanol–water partition coefficient (Wildman–Crippen LogP) is 13.4. The Morgan fingerprint density at radius 3 is 1.67 bits per heavy atom. The minimum Gasteiger partial charge on any atom is -0.147 e. The van der Waals surface area contributed by atoms with Crippen LogP contribution in [0.2, 0.25) is 9.26 Å². The van der Waals surface area contributed by atoms with Crippen LogP contribution < -0.4 is 0 Å². The van der Waals surface area contributed by atoms with Gasteiger partial charge in [-0.25, -0.2) is 0 Å². The average Bonchev–Trinajstić information content (AvgIpc) is 3.77. The van der Waals surface area contributed by atoms with Crippen LogP contribution in [0.25, 0.3) is 34.4 Å². The molecule has 0 amide bonds. The molecule has 4 aromatic carbocycles. The minimum absolute atomic E-state index is 0. The van der Waals surface area contributed by atoms with E-state index in [0.29, 0.717) is 13.2 Å². The summed E-state index contributed by atoms with van der Waals surface area (Å²) in [6.07, 6.45) is 10.7. The zero-order chi connectivity index (χ0) is 33.3. The van der Waals surface area contributed by atoms with Crippen molar-refractivity contribution in [2.24, 2.45) is 5.92 Å². The smallest absolute Gasteiger partial charge is 0.147 e. The van der Waals surface area contributed by atoms with Crippen LogP contribution in [0.15, 0.2) is 96.1 Å². The van der Waals surface area contributed by atoms with E-state index in [4.69, 9.17) is 0 Å². The minimum atomic E-state index is -3.68. The maximum Gasteiger partial charge on any atom is -0.147 e. The van der Waals surface area contributed by atoms with Crippen LogP contribution in [-0.2, 0) is 22.8 Å². The van der Waals surface area contributed by atoms with E-state index in [2.05, 4.69) is 155 Å². The fourth-order valence-corrected chi connectivity index (χ4v) is 30.1. The molecule has 0 N–H and O–H groups in total. The van der Waals surface area contributed by atoms with Crippen LogP contribution in [0.1, 0.15) is 114 Å². The zero-order valence-corrected chi connectivity index (χ0v) is 36.4. The summed E-state index contributed by atoms with van der Waals surface area (Å²) in [7, 11) is 0. The van der Waals surface area contributed by atoms with Gasteiger partial charge in [-0.3, -0.25) is 0 Å². The topological polar surface area (TPSA) is 0 Å². The van der Waals surface area contributed by atoms with Crippen LogP contribution in [-0.4, -0.2) is 6.88 Å². The number of fused-ring (bicyclic) bond motifs is 2. The summed E-state index contributed by atoms with van der Waals surface area (Å²) in [4.78, 5) is 0. The van der Waals surface area contributed by atoms with Gasteiger partial charge in [-0.2, -0.15) is 0 Å². The van der Waals surface area contributed by atoms with Gasteiger partial charge in [-0.15, -0.1) is 24.8 Å². The maximum atomic E-state index is 2.81. The molecule has 2 unspecified atom stereocenters. The summed E-state index contributed by atoms with van der Waals surface area (Å²) in [6, 6.07) is 33.3. The van der Waals surface area contributed by atoms with Crippen LogP contribution in [0.5, 0.6) is 0 Å². The number of hydrogen-bond donors (Lipinski definition) is 0. The first-order chi connectivity index (χ1) is 22.2. The van der Waals surface area contributed by atoms with E-state index >= 15 is 0 Å². The van der Waals surface area contributed by atoms with Gasteiger partial charge in [0.1, 0.15) is 0 Å². The third-order valence-electron chi connectivity index (χ3n) is 12.0. The van der Waals surface area contributed by atoms with E-state index in [1.54, 1.807) is 22.3 Å². The van der Waals surface area contributed by atoms with E-state index in [1.807, 2.05) is 0 Å². The Morgan fingerprint density at radius 2 is 1.16 bits per heavy atom. The molecule has 3 aliphatic rings. The molecule has 1 fully saturated rings. The third-order valence-corrected chi connectivity index (χ3v) is 29.7. The molecule has 49 heavy (non-hydrogen) atoms. The number of hydrogen-bond acceptors (Lipinski definition) is 0. The molecular formula is C45H56Cl2SiZr. The molecule has 1 saturated carbocycles. The van der Waals surface area contributed by atoms with Crippen molar-refractivity contribution < 1.29 is 17.4 Å². The Labute approximate surface area is 311 Å². The van der Waals surface area contributed by atoms with E-state index in [-0.39, 0.29) is 30.2 Å². The van der Waals surface area contributed by atoms with Crippen LogP contribution in [0.3, 0.4) is 0 Å². The van der Waals surface area contributed by atoms with Gasteiger partial charge in [0, 0.05) is 0 Å². The van der Waals surface area contributed by atoms with Crippen LogP contribution in [0.4, 0.5) is 0 Å². The molecule has 258 valence electrons. The molecule has 4 heteroatoms. The number of rotatable bonds is 6. The molecule has 0 heterocycles. The summed E-state index contributed by atoms with van der Waals surface area (Å²) < 4.78 is 6.73. The monoisotopic (exact) mass is 784 g/mol. The van der Waals surface area contributed by atoms with E-state index < -0.39 is 17.4 Å². The van der Waals surface area contributed by atoms with E-state index in [0.717, 1.165) is 5.92 Å². The summed E-state index contributed by atoms with van der Waals surface area (Å²) in [6.45, 7) is 16.4. The summed E-state index contributed by atoms with van der Waals surface area (Å²) in [5, 5.41) is 0. The zero-order valence-electron chi connectivity index (χ0n) is 30.9. The molecule has 2 atom stereocenters. The number of halogens is 2. The second-order valence-corrected chi connectivity index (χ2v) is 48.0. The number of allylic oxidation sites excluding steroid dienone is 2. The van der Waals surface area contributed by atoms with Gasteiger partial charge in [0.15, 0.2) is 0 Å². The van der Waals surface area contributed by atoms with Crippen molar-refractivity contribution in [3.8, 4) is 22.3 Å². The first-order valence-electron chi connectivity index (χ1n) is 18.2. The van der Waals surface area contributed by atoms with Gasteiger partial charge < -0.3 is 0 Å². The van der Waals surface area contributed by atoms with Crippen molar-refractivity contribution in [1.82, 2.24) is 0 Å². The van der Waals surface area contributed by atoms with Gasteiger partial charge >= 0.3 is 289 Å². The van der Waals surface area contributed by atoms with Gasteiger partial charge in [0.2, 0.25) is 0 Å². The predicted molar refractivity (Wildman–Crippen MR) is 220 cm³/mol. The number of benzene rings is 4. The molecule has 0 aliphatic heterocycles. The first-order valence-corrected chi connectivity index (χ1v) is 31.8. The van der Waals surface area contributed by atoms with Crippen molar-refractivity contribution in [2.75, 3.05) is 0 Å². The van der Waals surface area contributed by atoms with Gasteiger partial charge in [-0.1, -0.05) is 0 Å². The molecule has 4 aromatic rings. The molecular weight excluding hydrogens is 731 g/mol. The molecule has 0 aromatic heterocycles. The SMILES string of the molecule is CC1=Cc2c(-c3ccc(C(C)(C)C)cc3)cccc2[CH]1[Zr]([CH3])([CH3])(=[SiH2])[CH]1C(C2CCCC2)=Cc2c(-c3ccc(C(C)C)cc3)cccc21.Cl.Cl. The Morgan fingerprint density at radius 1 is 0.673 bits per heavy atom. The summed E-state index contributed by atoms with van der Waals surface area (Å²) in [5.74, 6) is 1.27. The Bertz CT molecular complexity index is 1980. The van der Waals surface area contributed by atoms with Crippen LogP contribution in [0, 0.1) is 5.92 Å². The van der Waals surface area contributed by atoms with Crippen molar-refractivity contribution in [3.63, 3.8) is 0 Å². The Balaban J connectivity index is 0.00000234. The quantitative estimate of drug-likeness (QED) is 0.171. The Hall–Kier alpha value is -1.96. The fraction of sp³-hybridized carbons (Fsp3) is 0.378. The van der Waals surface area contributed by atoms with Gasteiger partial charge in [-0.05, 0) is 0 Å². The molecule has 0 radical (unpaired) electrons. The van der Waals surface area contributed by atoms with E-state index in [9.17, 15) is 0 Å². The summed E-state index contributed by atoms with van der Waals surface area (Å²) >= 11 is -3.68. The molecule has 0 saturated heterocycles. The van der Waals surface area contributed by atoms with Crippen molar-refractivity contribution in [1.29, 1.82) is 0 Å². The van der Waals surface area contributed by atoms with Crippen molar-refractivity contribution >= 4 is 43.8 Å². The third kappa shape index (κ3) is 6.75. The molecule has 7 rings (SSSR count). The van der Waals surface area contributed by atoms with Gasteiger partial charge in [0.25, 0.3) is 0 Å². The van der Waals surface area contributed by atoms with Crippen LogP contribution >= 0.6 is 24.8 Å².